The van der Waals surface area contributed by atoms with Crippen molar-refractivity contribution >= 4 is 6.03 Å². The van der Waals surface area contributed by atoms with Crippen molar-refractivity contribution < 1.29 is 24.1 Å². The smallest absolute Gasteiger partial charge is 0.314 e. The Morgan fingerprint density at radius 1 is 0.909 bits per heavy atom. The molecule has 7 nitrogen and oxygen atoms in total. The first-order valence-electron chi connectivity index (χ1n) is 7.29. The Hall–Kier alpha value is -1.83. The minimum atomic E-state index is -0.253. The van der Waals surface area contributed by atoms with Gasteiger partial charge >= 0.3 is 6.03 Å². The van der Waals surface area contributed by atoms with Gasteiger partial charge in [-0.05, 0) is 12.1 Å². The highest BCUT2D eigenvalue weighted by atomic mass is 16.5. The van der Waals surface area contributed by atoms with Gasteiger partial charge in [-0.2, -0.15) is 0 Å². The molecular weight excluding hydrogens is 288 g/mol. The second kappa shape index (κ2) is 12.9. The van der Waals surface area contributed by atoms with Crippen molar-refractivity contribution in [3.8, 4) is 5.75 Å². The molecule has 124 valence electrons. The summed E-state index contributed by atoms with van der Waals surface area (Å²) in [5, 5.41) is 13.9. The predicted molar refractivity (Wildman–Crippen MR) is 82.1 cm³/mol. The molecule has 0 saturated heterocycles. The van der Waals surface area contributed by atoms with Crippen molar-refractivity contribution in [1.29, 1.82) is 0 Å². The van der Waals surface area contributed by atoms with Crippen molar-refractivity contribution in [2.45, 2.75) is 0 Å². The van der Waals surface area contributed by atoms with Crippen LogP contribution in [-0.2, 0) is 9.47 Å². The van der Waals surface area contributed by atoms with Gasteiger partial charge in [0.05, 0.1) is 39.6 Å². The van der Waals surface area contributed by atoms with Crippen LogP contribution in [0.4, 0.5) is 4.79 Å². The van der Waals surface area contributed by atoms with E-state index in [1.165, 1.54) is 0 Å². The Balaban J connectivity index is 1.87. The van der Waals surface area contributed by atoms with Crippen molar-refractivity contribution in [2.75, 3.05) is 52.7 Å². The summed E-state index contributed by atoms with van der Waals surface area (Å²) in [6, 6.07) is 9.18. The fourth-order valence-corrected chi connectivity index (χ4v) is 1.54. The summed E-state index contributed by atoms with van der Waals surface area (Å²) < 4.78 is 15.7. The average molecular weight is 312 g/mol. The van der Waals surface area contributed by atoms with Crippen LogP contribution < -0.4 is 15.4 Å². The minimum Gasteiger partial charge on any atom is -0.492 e. The highest BCUT2D eigenvalue weighted by molar-refractivity contribution is 5.73. The molecule has 0 bridgehead atoms. The number of hydrogen-bond acceptors (Lipinski definition) is 5. The molecule has 0 fully saturated rings. The largest absolute Gasteiger partial charge is 0.492 e. The molecule has 0 unspecified atom stereocenters. The summed E-state index contributed by atoms with van der Waals surface area (Å²) in [4.78, 5) is 11.4. The molecule has 0 aromatic heterocycles. The molecule has 1 rings (SSSR count). The zero-order chi connectivity index (χ0) is 15.9. The highest BCUT2D eigenvalue weighted by Crippen LogP contribution is 2.07. The summed E-state index contributed by atoms with van der Waals surface area (Å²) in [5.41, 5.74) is 0. The standard InChI is InChI=1S/C15H24N2O5/c18-8-11-21-13-12-20-9-6-16-15(19)17-7-10-22-14-4-2-1-3-5-14/h1-5,18H,6-13H2,(H2,16,17,19). The molecule has 0 radical (unpaired) electrons. The number of ether oxygens (including phenoxy) is 3. The zero-order valence-corrected chi connectivity index (χ0v) is 12.6. The van der Waals surface area contributed by atoms with Crippen LogP contribution in [0.25, 0.3) is 0 Å². The lowest BCUT2D eigenvalue weighted by Crippen LogP contribution is -2.39. The molecule has 7 heteroatoms. The molecule has 0 atom stereocenters. The van der Waals surface area contributed by atoms with Gasteiger partial charge in [0.2, 0.25) is 0 Å². The molecule has 0 aliphatic carbocycles. The van der Waals surface area contributed by atoms with Crippen LogP contribution in [-0.4, -0.2) is 63.9 Å². The van der Waals surface area contributed by atoms with Crippen molar-refractivity contribution in [1.82, 2.24) is 10.6 Å². The molecule has 3 N–H and O–H groups in total. The van der Waals surface area contributed by atoms with Crippen LogP contribution in [0.15, 0.2) is 30.3 Å². The first kappa shape index (κ1) is 18.2. The molecule has 2 amide bonds. The van der Waals surface area contributed by atoms with Crippen LogP contribution in [0.3, 0.4) is 0 Å². The van der Waals surface area contributed by atoms with Crippen molar-refractivity contribution in [2.24, 2.45) is 0 Å². The van der Waals surface area contributed by atoms with Gasteiger partial charge in [-0.1, -0.05) is 18.2 Å². The van der Waals surface area contributed by atoms with Gasteiger partial charge in [0.15, 0.2) is 0 Å². The van der Waals surface area contributed by atoms with E-state index < -0.39 is 0 Å². The number of carbonyl (C=O) groups excluding carboxylic acids is 1. The van der Waals surface area contributed by atoms with Gasteiger partial charge < -0.3 is 30.0 Å². The maximum Gasteiger partial charge on any atom is 0.314 e. The Morgan fingerprint density at radius 3 is 2.23 bits per heavy atom. The van der Waals surface area contributed by atoms with E-state index in [9.17, 15) is 4.79 Å². The van der Waals surface area contributed by atoms with E-state index >= 15 is 0 Å². The highest BCUT2D eigenvalue weighted by Gasteiger charge is 1.99. The van der Waals surface area contributed by atoms with E-state index in [0.717, 1.165) is 5.75 Å². The second-order valence-corrected chi connectivity index (χ2v) is 4.29. The van der Waals surface area contributed by atoms with Gasteiger partial charge in [-0.3, -0.25) is 0 Å². The van der Waals surface area contributed by atoms with E-state index in [0.29, 0.717) is 46.1 Å². The second-order valence-electron chi connectivity index (χ2n) is 4.29. The number of urea groups is 1. The fraction of sp³-hybridized carbons (Fsp3) is 0.533. The molecule has 1 aromatic rings. The number of aliphatic hydroxyl groups excluding tert-OH is 1. The fourth-order valence-electron chi connectivity index (χ4n) is 1.54. The van der Waals surface area contributed by atoms with Crippen LogP contribution >= 0.6 is 0 Å². The van der Waals surface area contributed by atoms with Gasteiger partial charge in [0, 0.05) is 6.54 Å². The van der Waals surface area contributed by atoms with Crippen molar-refractivity contribution in [3.05, 3.63) is 30.3 Å². The topological polar surface area (TPSA) is 89.1 Å². The van der Waals surface area contributed by atoms with Crippen LogP contribution in [0.1, 0.15) is 0 Å². The van der Waals surface area contributed by atoms with E-state index in [4.69, 9.17) is 19.3 Å². The van der Waals surface area contributed by atoms with Gasteiger partial charge in [0.25, 0.3) is 0 Å². The number of hydrogen-bond donors (Lipinski definition) is 3. The van der Waals surface area contributed by atoms with Crippen LogP contribution in [0, 0.1) is 0 Å². The van der Waals surface area contributed by atoms with E-state index in [1.54, 1.807) is 0 Å². The lowest BCUT2D eigenvalue weighted by atomic mass is 10.3. The van der Waals surface area contributed by atoms with E-state index in [1.807, 2.05) is 30.3 Å². The molecule has 0 heterocycles. The number of benzene rings is 1. The molecule has 22 heavy (non-hydrogen) atoms. The maximum absolute atomic E-state index is 11.4. The molecule has 1 aromatic carbocycles. The zero-order valence-electron chi connectivity index (χ0n) is 12.6. The minimum absolute atomic E-state index is 0.00964. The number of aliphatic hydroxyl groups is 1. The molecule has 0 saturated carbocycles. The summed E-state index contributed by atoms with van der Waals surface area (Å²) in [6.45, 7) is 2.87. The number of carbonyl (C=O) groups is 1. The predicted octanol–water partition coefficient (Wildman–Crippen LogP) is 0.390. The Bertz CT molecular complexity index is 389. The number of para-hydroxylation sites is 1. The molecular formula is C15H24N2O5. The van der Waals surface area contributed by atoms with Gasteiger partial charge in [-0.15, -0.1) is 0 Å². The van der Waals surface area contributed by atoms with Crippen LogP contribution in [0.2, 0.25) is 0 Å². The lowest BCUT2D eigenvalue weighted by molar-refractivity contribution is 0.0344. The molecule has 0 aliphatic heterocycles. The summed E-state index contributed by atoms with van der Waals surface area (Å²) in [7, 11) is 0. The van der Waals surface area contributed by atoms with Crippen molar-refractivity contribution in [3.63, 3.8) is 0 Å². The summed E-state index contributed by atoms with van der Waals surface area (Å²) >= 11 is 0. The number of rotatable bonds is 12. The Labute approximate surface area is 130 Å². The summed E-state index contributed by atoms with van der Waals surface area (Å²) in [6.07, 6.45) is 0. The molecule has 0 spiro atoms. The lowest BCUT2D eigenvalue weighted by Gasteiger charge is -2.09. The number of amides is 2. The molecule has 0 aliphatic rings. The Kier molecular flexibility index (Phi) is 10.7. The first-order valence-corrected chi connectivity index (χ1v) is 7.29. The normalized spacial score (nSPS) is 10.2. The third kappa shape index (κ3) is 9.98. The quantitative estimate of drug-likeness (QED) is 0.486. The summed E-state index contributed by atoms with van der Waals surface area (Å²) in [5.74, 6) is 0.779. The number of nitrogens with one attached hydrogen (secondary N) is 2. The average Bonchev–Trinajstić information content (AvgIpc) is 2.55. The third-order valence-electron chi connectivity index (χ3n) is 2.54. The van der Waals surface area contributed by atoms with E-state index in [-0.39, 0.29) is 12.6 Å². The third-order valence-corrected chi connectivity index (χ3v) is 2.54. The monoisotopic (exact) mass is 312 g/mol. The van der Waals surface area contributed by atoms with Gasteiger partial charge in [-0.25, -0.2) is 4.79 Å². The van der Waals surface area contributed by atoms with E-state index in [2.05, 4.69) is 10.6 Å². The SMILES string of the molecule is O=C(NCCOCCOCCO)NCCOc1ccccc1. The van der Waals surface area contributed by atoms with Gasteiger partial charge in [0.1, 0.15) is 12.4 Å². The maximum atomic E-state index is 11.4. The Morgan fingerprint density at radius 2 is 1.55 bits per heavy atom. The van der Waals surface area contributed by atoms with Crippen LogP contribution in [0.5, 0.6) is 5.75 Å². The first-order chi connectivity index (χ1) is 10.8.